The topological polar surface area (TPSA) is 76.4 Å². The van der Waals surface area contributed by atoms with Crippen molar-refractivity contribution in [1.29, 1.82) is 5.26 Å². The molecule has 0 radical (unpaired) electrons. The van der Waals surface area contributed by atoms with Crippen LogP contribution in [0.4, 0.5) is 0 Å². The van der Waals surface area contributed by atoms with Crippen LogP contribution in [0, 0.1) is 22.2 Å². The van der Waals surface area contributed by atoms with Crippen molar-refractivity contribution in [3.8, 4) is 6.07 Å². The van der Waals surface area contributed by atoms with Crippen LogP contribution >= 0.6 is 0 Å². The van der Waals surface area contributed by atoms with Crippen LogP contribution in [0.1, 0.15) is 61.1 Å². The zero-order chi connectivity index (χ0) is 23.6. The van der Waals surface area contributed by atoms with Crippen LogP contribution in [0.5, 0.6) is 0 Å². The van der Waals surface area contributed by atoms with Crippen molar-refractivity contribution in [3.05, 3.63) is 71.3 Å². The Hall–Kier alpha value is -2.68. The van der Waals surface area contributed by atoms with Gasteiger partial charge in [-0.15, -0.1) is 0 Å². The molecule has 1 aliphatic heterocycles. The highest BCUT2D eigenvalue weighted by atomic mass is 16.4. The van der Waals surface area contributed by atoms with E-state index in [0.29, 0.717) is 18.5 Å². The maximum Gasteiger partial charge on any atom is 0.310 e. The second-order valence-corrected chi connectivity index (χ2v) is 10.9. The second kappa shape index (κ2) is 9.52. The lowest BCUT2D eigenvalue weighted by molar-refractivity contribution is -0.156. The van der Waals surface area contributed by atoms with E-state index < -0.39 is 11.4 Å². The van der Waals surface area contributed by atoms with Crippen molar-refractivity contribution in [2.75, 3.05) is 26.2 Å². The summed E-state index contributed by atoms with van der Waals surface area (Å²) in [6.45, 7) is 3.55. The van der Waals surface area contributed by atoms with Crippen molar-refractivity contribution in [2.24, 2.45) is 10.8 Å². The number of hydrogen-bond acceptors (Lipinski definition) is 4. The Morgan fingerprint density at radius 2 is 1.85 bits per heavy atom. The van der Waals surface area contributed by atoms with Crippen LogP contribution in [0.3, 0.4) is 0 Å². The van der Waals surface area contributed by atoms with Crippen molar-refractivity contribution >= 4 is 5.97 Å². The van der Waals surface area contributed by atoms with Crippen LogP contribution in [0.2, 0.25) is 0 Å². The average molecular weight is 458 g/mol. The minimum atomic E-state index is -0.619. The normalized spacial score (nSPS) is 25.1. The third-order valence-corrected chi connectivity index (χ3v) is 8.60. The number of likely N-dealkylation sites (tertiary alicyclic amines) is 1. The molecular weight excluding hydrogens is 422 g/mol. The summed E-state index contributed by atoms with van der Waals surface area (Å²) >= 11 is 0. The number of hydrogen-bond donors (Lipinski definition) is 2. The molecule has 2 atom stereocenters. The minimum absolute atomic E-state index is 0.129. The van der Waals surface area contributed by atoms with E-state index in [1.807, 2.05) is 18.2 Å². The number of carboxylic acid groups (broad SMARTS) is 1. The predicted octanol–water partition coefficient (Wildman–Crippen LogP) is 4.58. The molecular formula is C29H35N3O2. The van der Waals surface area contributed by atoms with Gasteiger partial charge in [-0.1, -0.05) is 48.9 Å². The zero-order valence-corrected chi connectivity index (χ0v) is 19.9. The fourth-order valence-electron chi connectivity index (χ4n) is 6.09. The molecule has 1 heterocycles. The molecule has 5 heteroatoms. The number of carboxylic acids is 1. The third kappa shape index (κ3) is 4.89. The number of carbonyl (C=O) groups is 1. The Kier molecular flexibility index (Phi) is 6.46. The number of nitriles is 1. The van der Waals surface area contributed by atoms with Crippen molar-refractivity contribution in [2.45, 2.75) is 56.9 Å². The highest BCUT2D eigenvalue weighted by molar-refractivity contribution is 5.76. The number of nitrogens with one attached hydrogen (secondary N) is 1. The summed E-state index contributed by atoms with van der Waals surface area (Å²) in [5.41, 5.74) is 2.98. The van der Waals surface area contributed by atoms with Crippen molar-refractivity contribution < 1.29 is 9.90 Å². The number of aliphatic carboxylic acids is 1. The van der Waals surface area contributed by atoms with E-state index in [2.05, 4.69) is 52.7 Å². The quantitative estimate of drug-likeness (QED) is 0.576. The summed E-state index contributed by atoms with van der Waals surface area (Å²) in [7, 11) is 0. The highest BCUT2D eigenvalue weighted by Gasteiger charge is 2.47. The largest absolute Gasteiger partial charge is 0.481 e. The van der Waals surface area contributed by atoms with E-state index >= 15 is 0 Å². The molecule has 5 rings (SSSR count). The SMILES string of the molecule is N#Cc1cccc(CC2(CN[C@@H]3CC3c3ccccc3)CCN(CC3(C(=O)O)CCC3)CC2)c1. The molecule has 3 fully saturated rings. The molecule has 2 aromatic rings. The average Bonchev–Trinajstić information content (AvgIpc) is 3.62. The molecule has 1 unspecified atom stereocenters. The summed E-state index contributed by atoms with van der Waals surface area (Å²) in [5, 5.41) is 23.0. The lowest BCUT2D eigenvalue weighted by atomic mass is 9.67. The first-order chi connectivity index (χ1) is 16.5. The fraction of sp³-hybridized carbons (Fsp3) is 0.517. The number of nitrogens with zero attached hydrogens (tertiary/aromatic N) is 2. The van der Waals surface area contributed by atoms with Crippen molar-refractivity contribution in [3.63, 3.8) is 0 Å². The molecule has 0 spiro atoms. The van der Waals surface area contributed by atoms with Crippen LogP contribution in [0.25, 0.3) is 0 Å². The summed E-state index contributed by atoms with van der Waals surface area (Å²) in [4.78, 5) is 14.3. The summed E-state index contributed by atoms with van der Waals surface area (Å²) in [5.74, 6) is -0.0134. The van der Waals surface area contributed by atoms with Crippen LogP contribution in [-0.4, -0.2) is 48.2 Å². The number of piperidine rings is 1. The Balaban J connectivity index is 1.25. The first-order valence-corrected chi connectivity index (χ1v) is 12.7. The molecule has 0 aromatic heterocycles. The molecule has 5 nitrogen and oxygen atoms in total. The fourth-order valence-corrected chi connectivity index (χ4v) is 6.09. The van der Waals surface area contributed by atoms with Gasteiger partial charge in [0.25, 0.3) is 0 Å². The van der Waals surface area contributed by atoms with Gasteiger partial charge in [-0.25, -0.2) is 0 Å². The van der Waals surface area contributed by atoms with E-state index in [-0.39, 0.29) is 5.41 Å². The van der Waals surface area contributed by atoms with Crippen LogP contribution in [-0.2, 0) is 11.2 Å². The van der Waals surface area contributed by atoms with Gasteiger partial charge in [-0.05, 0) is 80.3 Å². The van der Waals surface area contributed by atoms with Gasteiger partial charge in [-0.3, -0.25) is 4.79 Å². The van der Waals surface area contributed by atoms with Gasteiger partial charge in [0.05, 0.1) is 17.0 Å². The molecule has 0 amide bonds. The van der Waals surface area contributed by atoms with E-state index in [9.17, 15) is 15.2 Å². The van der Waals surface area contributed by atoms with E-state index in [4.69, 9.17) is 0 Å². The van der Waals surface area contributed by atoms with E-state index in [1.54, 1.807) is 0 Å². The van der Waals surface area contributed by atoms with E-state index in [0.717, 1.165) is 63.7 Å². The summed E-state index contributed by atoms with van der Waals surface area (Å²) in [6.07, 6.45) is 6.91. The lowest BCUT2D eigenvalue weighted by Crippen LogP contribution is -2.52. The molecule has 2 saturated carbocycles. The predicted molar refractivity (Wildman–Crippen MR) is 132 cm³/mol. The van der Waals surface area contributed by atoms with Crippen LogP contribution < -0.4 is 5.32 Å². The van der Waals surface area contributed by atoms with Gasteiger partial charge in [0.1, 0.15) is 0 Å². The molecule has 2 N–H and O–H groups in total. The Morgan fingerprint density at radius 1 is 1.09 bits per heavy atom. The van der Waals surface area contributed by atoms with Gasteiger partial charge in [0.2, 0.25) is 0 Å². The van der Waals surface area contributed by atoms with Gasteiger partial charge < -0.3 is 15.3 Å². The maximum absolute atomic E-state index is 11.9. The number of rotatable bonds is 9. The summed E-state index contributed by atoms with van der Waals surface area (Å²) in [6, 6.07) is 21.6. The molecule has 34 heavy (non-hydrogen) atoms. The zero-order valence-electron chi connectivity index (χ0n) is 19.9. The van der Waals surface area contributed by atoms with Gasteiger partial charge in [-0.2, -0.15) is 5.26 Å². The standard InChI is InChI=1S/C29H35N3O2/c30-19-23-7-4-6-22(16-23)18-28(20-31-26-17-25(26)24-8-2-1-3-9-24)12-14-32(15-13-28)21-29(27(33)34)10-5-11-29/h1-4,6-9,16,25-26,31H,5,10-15,17-18,20-21H2,(H,33,34)/t25?,26-/m1/s1. The first-order valence-electron chi connectivity index (χ1n) is 12.7. The van der Waals surface area contributed by atoms with E-state index in [1.165, 1.54) is 17.5 Å². The molecule has 0 bridgehead atoms. The molecule has 178 valence electrons. The Labute approximate surface area is 202 Å². The maximum atomic E-state index is 11.9. The highest BCUT2D eigenvalue weighted by Crippen LogP contribution is 2.45. The third-order valence-electron chi connectivity index (χ3n) is 8.60. The molecule has 1 saturated heterocycles. The lowest BCUT2D eigenvalue weighted by Gasteiger charge is -2.47. The van der Waals surface area contributed by atoms with Gasteiger partial charge in [0, 0.05) is 25.0 Å². The monoisotopic (exact) mass is 457 g/mol. The van der Waals surface area contributed by atoms with Crippen molar-refractivity contribution in [1.82, 2.24) is 10.2 Å². The Bertz CT molecular complexity index is 1050. The molecule has 2 aliphatic carbocycles. The molecule has 2 aromatic carbocycles. The second-order valence-electron chi connectivity index (χ2n) is 10.9. The first kappa shape index (κ1) is 23.1. The number of benzene rings is 2. The smallest absolute Gasteiger partial charge is 0.310 e. The molecule has 3 aliphatic rings. The minimum Gasteiger partial charge on any atom is -0.481 e. The van der Waals surface area contributed by atoms with Crippen LogP contribution in [0.15, 0.2) is 54.6 Å². The Morgan fingerprint density at radius 3 is 2.50 bits per heavy atom. The van der Waals surface area contributed by atoms with Gasteiger partial charge >= 0.3 is 5.97 Å². The summed E-state index contributed by atoms with van der Waals surface area (Å²) < 4.78 is 0. The van der Waals surface area contributed by atoms with Gasteiger partial charge in [0.15, 0.2) is 0 Å².